The Morgan fingerprint density at radius 1 is 1.22 bits per heavy atom. The third-order valence-electron chi connectivity index (χ3n) is 3.92. The van der Waals surface area contributed by atoms with Gasteiger partial charge in [-0.05, 0) is 50.3 Å². The molecule has 0 spiro atoms. The molecule has 1 atom stereocenters. The van der Waals surface area contributed by atoms with Gasteiger partial charge in [-0.2, -0.15) is 0 Å². The van der Waals surface area contributed by atoms with Crippen molar-refractivity contribution in [2.75, 3.05) is 17.2 Å². The first kappa shape index (κ1) is 18.4. The van der Waals surface area contributed by atoms with Crippen molar-refractivity contribution in [2.24, 2.45) is 0 Å². The van der Waals surface area contributed by atoms with Crippen molar-refractivity contribution in [2.45, 2.75) is 26.4 Å². The topological polar surface area (TPSA) is 89.5 Å². The predicted octanol–water partition coefficient (Wildman–Crippen LogP) is 3.76. The number of pyridine rings is 1. The lowest BCUT2D eigenvalue weighted by atomic mass is 10.0. The third-order valence-corrected chi connectivity index (χ3v) is 3.92. The van der Waals surface area contributed by atoms with Gasteiger partial charge in [0, 0.05) is 23.9 Å². The zero-order valence-electron chi connectivity index (χ0n) is 15.4. The number of rotatable bonds is 4. The second-order valence-corrected chi connectivity index (χ2v) is 6.52. The Morgan fingerprint density at radius 3 is 2.78 bits per heavy atom. The van der Waals surface area contributed by atoms with E-state index in [-0.39, 0.29) is 18.6 Å². The molecule has 0 saturated heterocycles. The fourth-order valence-corrected chi connectivity index (χ4v) is 2.61. The molecule has 1 aliphatic heterocycles. The number of carbonyl (C=O) groups is 2. The van der Waals surface area contributed by atoms with Crippen molar-refractivity contribution in [1.82, 2.24) is 4.98 Å². The fraction of sp³-hybridized carbons (Fsp3) is 0.250. The molecule has 0 bridgehead atoms. The number of amides is 2. The Bertz CT molecular complexity index is 910. The van der Waals surface area contributed by atoms with Crippen LogP contribution < -0.4 is 15.4 Å². The number of anilines is 2. The van der Waals surface area contributed by atoms with E-state index in [2.05, 4.69) is 15.6 Å². The number of ether oxygens (including phenoxy) is 2. The third kappa shape index (κ3) is 4.84. The first-order chi connectivity index (χ1) is 12.8. The van der Waals surface area contributed by atoms with Crippen LogP contribution in [-0.2, 0) is 9.53 Å². The Morgan fingerprint density at radius 2 is 2.04 bits per heavy atom. The van der Waals surface area contributed by atoms with E-state index in [0.29, 0.717) is 17.3 Å². The maximum Gasteiger partial charge on any atom is 0.324 e. The van der Waals surface area contributed by atoms with Crippen LogP contribution in [0.1, 0.15) is 25.1 Å². The van der Waals surface area contributed by atoms with Crippen LogP contribution in [0.4, 0.5) is 16.3 Å². The van der Waals surface area contributed by atoms with E-state index in [1.807, 2.05) is 38.1 Å². The van der Waals surface area contributed by atoms with Crippen LogP contribution in [0.5, 0.6) is 5.75 Å². The van der Waals surface area contributed by atoms with Gasteiger partial charge in [0.2, 0.25) is 0 Å². The summed E-state index contributed by atoms with van der Waals surface area (Å²) in [5.41, 5.74) is 1.54. The summed E-state index contributed by atoms with van der Waals surface area (Å²) in [5.74, 6) is 0.779. The lowest BCUT2D eigenvalue weighted by Crippen LogP contribution is -2.37. The molecule has 0 saturated carbocycles. The van der Waals surface area contributed by atoms with Crippen LogP contribution in [0.15, 0.2) is 42.5 Å². The molecule has 7 nitrogen and oxygen atoms in total. The molecule has 3 rings (SSSR count). The van der Waals surface area contributed by atoms with Gasteiger partial charge in [0.1, 0.15) is 18.2 Å². The number of carbonyl (C=O) groups excluding carboxylic acids is 2. The first-order valence-corrected chi connectivity index (χ1v) is 8.50. The number of aromatic nitrogens is 1. The van der Waals surface area contributed by atoms with Crippen LogP contribution in [0.3, 0.4) is 0 Å². The minimum atomic E-state index is -0.720. The molecule has 2 amide bonds. The highest BCUT2D eigenvalue weighted by molar-refractivity contribution is 5.99. The van der Waals surface area contributed by atoms with Crippen LogP contribution in [0.2, 0.25) is 0 Å². The van der Waals surface area contributed by atoms with Crippen molar-refractivity contribution in [3.05, 3.63) is 53.7 Å². The van der Waals surface area contributed by atoms with Crippen LogP contribution in [-0.4, -0.2) is 29.2 Å². The van der Waals surface area contributed by atoms with Gasteiger partial charge in [-0.3, -0.25) is 10.1 Å². The molecule has 27 heavy (non-hydrogen) atoms. The SMILES string of the molecule is CC(=O)OCC1(C)C=Cc2cc(NC(=O)Nc3cccc(C)n3)ccc2O1. The summed E-state index contributed by atoms with van der Waals surface area (Å²) in [4.78, 5) is 27.4. The number of fused-ring (bicyclic) bond motifs is 1. The standard InChI is InChI=1S/C20H21N3O4/c1-13-5-4-6-18(21-13)23-19(25)22-16-7-8-17-15(11-16)9-10-20(3,27-17)12-26-14(2)24/h4-11H,12H2,1-3H3,(H2,21,22,23,25). The minimum absolute atomic E-state index is 0.129. The normalized spacial score (nSPS) is 17.4. The average Bonchev–Trinajstić information content (AvgIpc) is 2.60. The molecule has 0 fully saturated rings. The van der Waals surface area contributed by atoms with Gasteiger partial charge in [-0.25, -0.2) is 9.78 Å². The fourth-order valence-electron chi connectivity index (χ4n) is 2.61. The molecule has 2 N–H and O–H groups in total. The maximum atomic E-state index is 12.2. The van der Waals surface area contributed by atoms with Gasteiger partial charge >= 0.3 is 12.0 Å². The Kier molecular flexibility index (Phi) is 5.12. The molecule has 1 aromatic carbocycles. The lowest BCUT2D eigenvalue weighted by molar-refractivity contribution is -0.145. The van der Waals surface area contributed by atoms with E-state index in [0.717, 1.165) is 11.3 Å². The van der Waals surface area contributed by atoms with E-state index < -0.39 is 5.60 Å². The summed E-state index contributed by atoms with van der Waals surface area (Å²) in [7, 11) is 0. The van der Waals surface area contributed by atoms with Gasteiger partial charge in [0.25, 0.3) is 0 Å². The first-order valence-electron chi connectivity index (χ1n) is 8.50. The highest BCUT2D eigenvalue weighted by Crippen LogP contribution is 2.33. The number of benzene rings is 1. The number of nitrogens with zero attached hydrogens (tertiary/aromatic N) is 1. The molecule has 2 heterocycles. The van der Waals surface area contributed by atoms with Gasteiger partial charge in [-0.1, -0.05) is 12.1 Å². The molecular weight excluding hydrogens is 346 g/mol. The number of hydrogen-bond acceptors (Lipinski definition) is 5. The number of urea groups is 1. The summed E-state index contributed by atoms with van der Waals surface area (Å²) >= 11 is 0. The van der Waals surface area contributed by atoms with Crippen LogP contribution in [0.25, 0.3) is 6.08 Å². The number of esters is 1. The van der Waals surface area contributed by atoms with Crippen molar-refractivity contribution in [3.63, 3.8) is 0 Å². The summed E-state index contributed by atoms with van der Waals surface area (Å²) < 4.78 is 11.0. The number of aryl methyl sites for hydroxylation is 1. The second-order valence-electron chi connectivity index (χ2n) is 6.52. The summed E-state index contributed by atoms with van der Waals surface area (Å²) in [5, 5.41) is 5.46. The zero-order valence-corrected chi connectivity index (χ0v) is 15.4. The van der Waals surface area contributed by atoms with Crippen molar-refractivity contribution in [1.29, 1.82) is 0 Å². The predicted molar refractivity (Wildman–Crippen MR) is 103 cm³/mol. The highest BCUT2D eigenvalue weighted by atomic mass is 16.6. The second kappa shape index (κ2) is 7.49. The quantitative estimate of drug-likeness (QED) is 0.803. The Hall–Kier alpha value is -3.35. The summed E-state index contributed by atoms with van der Waals surface area (Å²) in [6.07, 6.45) is 3.71. The summed E-state index contributed by atoms with van der Waals surface area (Å²) in [6, 6.07) is 10.3. The largest absolute Gasteiger partial charge is 0.479 e. The van der Waals surface area contributed by atoms with E-state index in [4.69, 9.17) is 9.47 Å². The van der Waals surface area contributed by atoms with E-state index in [1.165, 1.54) is 6.92 Å². The number of hydrogen-bond donors (Lipinski definition) is 2. The van der Waals surface area contributed by atoms with Crippen LogP contribution >= 0.6 is 0 Å². The molecule has 2 aromatic rings. The van der Waals surface area contributed by atoms with Gasteiger partial charge in [0.05, 0.1) is 0 Å². The maximum absolute atomic E-state index is 12.2. The van der Waals surface area contributed by atoms with E-state index in [1.54, 1.807) is 24.3 Å². The van der Waals surface area contributed by atoms with Gasteiger partial charge < -0.3 is 14.8 Å². The molecule has 7 heteroatoms. The Labute approximate surface area is 157 Å². The molecule has 1 aromatic heterocycles. The monoisotopic (exact) mass is 367 g/mol. The number of nitrogens with one attached hydrogen (secondary N) is 2. The average molecular weight is 367 g/mol. The van der Waals surface area contributed by atoms with Gasteiger partial charge in [0.15, 0.2) is 5.60 Å². The molecule has 0 aliphatic carbocycles. The molecule has 1 unspecified atom stereocenters. The van der Waals surface area contributed by atoms with Crippen molar-refractivity contribution >= 4 is 29.6 Å². The molecule has 140 valence electrons. The lowest BCUT2D eigenvalue weighted by Gasteiger charge is -2.31. The highest BCUT2D eigenvalue weighted by Gasteiger charge is 2.29. The van der Waals surface area contributed by atoms with Gasteiger partial charge in [-0.15, -0.1) is 0 Å². The summed E-state index contributed by atoms with van der Waals surface area (Å²) in [6.45, 7) is 5.18. The molecular formula is C20H21N3O4. The van der Waals surface area contributed by atoms with Crippen LogP contribution in [0, 0.1) is 6.92 Å². The Balaban J connectivity index is 1.66. The van der Waals surface area contributed by atoms with Crippen molar-refractivity contribution in [3.8, 4) is 5.75 Å². The molecule has 0 radical (unpaired) electrons. The van der Waals surface area contributed by atoms with E-state index in [9.17, 15) is 9.59 Å². The van der Waals surface area contributed by atoms with E-state index >= 15 is 0 Å². The zero-order chi connectivity index (χ0) is 19.4. The minimum Gasteiger partial charge on any atom is -0.479 e. The molecule has 1 aliphatic rings. The van der Waals surface area contributed by atoms with Crippen molar-refractivity contribution < 1.29 is 19.1 Å². The smallest absolute Gasteiger partial charge is 0.324 e.